The van der Waals surface area contributed by atoms with Crippen LogP contribution in [0.5, 0.6) is 0 Å². The molecule has 1 heterocycles. The molecule has 16 heavy (non-hydrogen) atoms. The molecule has 1 aromatic carbocycles. The lowest BCUT2D eigenvalue weighted by Gasteiger charge is -2.34. The highest BCUT2D eigenvalue weighted by atomic mass is 19.1. The molecule has 1 saturated heterocycles. The summed E-state index contributed by atoms with van der Waals surface area (Å²) in [5.41, 5.74) is 1.72. The molecule has 0 amide bonds. The fourth-order valence-electron chi connectivity index (χ4n) is 2.30. The van der Waals surface area contributed by atoms with E-state index in [0.717, 1.165) is 30.8 Å². The van der Waals surface area contributed by atoms with Gasteiger partial charge < -0.3 is 10.2 Å². The van der Waals surface area contributed by atoms with Gasteiger partial charge in [-0.2, -0.15) is 0 Å². The van der Waals surface area contributed by atoms with Crippen molar-refractivity contribution >= 4 is 5.69 Å². The molecule has 2 nitrogen and oxygen atoms in total. The average Bonchev–Trinajstić information content (AvgIpc) is 2.29. The van der Waals surface area contributed by atoms with E-state index in [9.17, 15) is 4.39 Å². The standard InChI is InChI=1S/C13H19FN2/c1-10-5-6-13(12(14)8-10)16-7-3-4-11(9-16)15-2/h5-6,8,11,15H,3-4,7,9H2,1-2H3. The minimum absolute atomic E-state index is 0.100. The number of rotatable bonds is 2. The van der Waals surface area contributed by atoms with Crippen LogP contribution in [0.4, 0.5) is 10.1 Å². The Morgan fingerprint density at radius 2 is 2.25 bits per heavy atom. The van der Waals surface area contributed by atoms with Crippen molar-refractivity contribution in [2.45, 2.75) is 25.8 Å². The third-order valence-corrected chi connectivity index (χ3v) is 3.27. The second kappa shape index (κ2) is 4.83. The van der Waals surface area contributed by atoms with Gasteiger partial charge in [-0.1, -0.05) is 6.07 Å². The molecule has 1 aromatic rings. The van der Waals surface area contributed by atoms with Crippen molar-refractivity contribution in [3.05, 3.63) is 29.6 Å². The number of likely N-dealkylation sites (N-methyl/N-ethyl adjacent to an activating group) is 1. The lowest BCUT2D eigenvalue weighted by atomic mass is 10.0. The van der Waals surface area contributed by atoms with Crippen LogP contribution < -0.4 is 10.2 Å². The summed E-state index contributed by atoms with van der Waals surface area (Å²) in [5, 5.41) is 3.27. The van der Waals surface area contributed by atoms with Crippen LogP contribution in [0.3, 0.4) is 0 Å². The number of nitrogens with zero attached hydrogens (tertiary/aromatic N) is 1. The maximum atomic E-state index is 13.8. The highest BCUT2D eigenvalue weighted by Gasteiger charge is 2.20. The number of hydrogen-bond acceptors (Lipinski definition) is 2. The fraction of sp³-hybridized carbons (Fsp3) is 0.538. The van der Waals surface area contributed by atoms with E-state index in [1.807, 2.05) is 26.1 Å². The molecule has 1 N–H and O–H groups in total. The van der Waals surface area contributed by atoms with Gasteiger partial charge in [0, 0.05) is 19.1 Å². The quantitative estimate of drug-likeness (QED) is 0.826. The number of aryl methyl sites for hydroxylation is 1. The second-order valence-corrected chi connectivity index (χ2v) is 4.53. The summed E-state index contributed by atoms with van der Waals surface area (Å²) in [7, 11) is 1.97. The van der Waals surface area contributed by atoms with E-state index in [0.29, 0.717) is 6.04 Å². The molecule has 1 unspecified atom stereocenters. The molecular formula is C13H19FN2. The Kier molecular flexibility index (Phi) is 3.44. The summed E-state index contributed by atoms with van der Waals surface area (Å²) in [6, 6.07) is 5.96. The minimum atomic E-state index is -0.100. The summed E-state index contributed by atoms with van der Waals surface area (Å²) in [5.74, 6) is -0.100. The second-order valence-electron chi connectivity index (χ2n) is 4.53. The zero-order chi connectivity index (χ0) is 11.5. The van der Waals surface area contributed by atoms with Crippen LogP contribution in [-0.4, -0.2) is 26.2 Å². The van der Waals surface area contributed by atoms with Gasteiger partial charge in [-0.05, 0) is 44.5 Å². The molecule has 1 atom stereocenters. The lowest BCUT2D eigenvalue weighted by molar-refractivity contribution is 0.445. The number of benzene rings is 1. The first-order valence-electron chi connectivity index (χ1n) is 5.89. The lowest BCUT2D eigenvalue weighted by Crippen LogP contribution is -2.44. The summed E-state index contributed by atoms with van der Waals surface area (Å²) in [4.78, 5) is 2.14. The number of anilines is 1. The van der Waals surface area contributed by atoms with Gasteiger partial charge in [0.05, 0.1) is 5.69 Å². The first-order valence-corrected chi connectivity index (χ1v) is 5.89. The van der Waals surface area contributed by atoms with Crippen LogP contribution in [0.1, 0.15) is 18.4 Å². The Balaban J connectivity index is 2.16. The smallest absolute Gasteiger partial charge is 0.146 e. The largest absolute Gasteiger partial charge is 0.368 e. The SMILES string of the molecule is CNC1CCCN(c2ccc(C)cc2F)C1. The van der Waals surface area contributed by atoms with Crippen LogP contribution in [0.15, 0.2) is 18.2 Å². The highest BCUT2D eigenvalue weighted by Crippen LogP contribution is 2.23. The Hall–Kier alpha value is -1.09. The first kappa shape index (κ1) is 11.4. The van der Waals surface area contributed by atoms with E-state index in [4.69, 9.17) is 0 Å². The molecule has 0 spiro atoms. The van der Waals surface area contributed by atoms with Crippen LogP contribution in [-0.2, 0) is 0 Å². The minimum Gasteiger partial charge on any atom is -0.368 e. The Bertz CT molecular complexity index is 365. The van der Waals surface area contributed by atoms with Crippen molar-refractivity contribution in [1.29, 1.82) is 0 Å². The van der Waals surface area contributed by atoms with Crippen LogP contribution in [0, 0.1) is 12.7 Å². The van der Waals surface area contributed by atoms with E-state index >= 15 is 0 Å². The third-order valence-electron chi connectivity index (χ3n) is 3.27. The van der Waals surface area contributed by atoms with Crippen molar-refractivity contribution in [3.63, 3.8) is 0 Å². The van der Waals surface area contributed by atoms with Crippen molar-refractivity contribution in [1.82, 2.24) is 5.32 Å². The van der Waals surface area contributed by atoms with E-state index in [1.54, 1.807) is 6.07 Å². The van der Waals surface area contributed by atoms with E-state index < -0.39 is 0 Å². The van der Waals surface area contributed by atoms with Crippen LogP contribution in [0.2, 0.25) is 0 Å². The van der Waals surface area contributed by atoms with Gasteiger partial charge >= 0.3 is 0 Å². The van der Waals surface area contributed by atoms with E-state index in [1.165, 1.54) is 6.42 Å². The number of piperidine rings is 1. The molecule has 0 aromatic heterocycles. The Morgan fingerprint density at radius 3 is 2.94 bits per heavy atom. The number of nitrogens with one attached hydrogen (secondary N) is 1. The fourth-order valence-corrected chi connectivity index (χ4v) is 2.30. The van der Waals surface area contributed by atoms with E-state index in [2.05, 4.69) is 10.2 Å². The normalized spacial score (nSPS) is 21.2. The van der Waals surface area contributed by atoms with Crippen molar-refractivity contribution in [2.24, 2.45) is 0 Å². The maximum Gasteiger partial charge on any atom is 0.146 e. The third kappa shape index (κ3) is 2.35. The summed E-state index contributed by atoms with van der Waals surface area (Å²) in [6.45, 7) is 3.77. The zero-order valence-electron chi connectivity index (χ0n) is 9.96. The van der Waals surface area contributed by atoms with Gasteiger partial charge in [-0.25, -0.2) is 4.39 Å². The van der Waals surface area contributed by atoms with Crippen LogP contribution in [0.25, 0.3) is 0 Å². The van der Waals surface area contributed by atoms with Gasteiger partial charge in [0.1, 0.15) is 5.82 Å². The molecule has 0 radical (unpaired) electrons. The molecule has 3 heteroatoms. The average molecular weight is 222 g/mol. The predicted molar refractivity (Wildman–Crippen MR) is 65.4 cm³/mol. The van der Waals surface area contributed by atoms with Crippen molar-refractivity contribution < 1.29 is 4.39 Å². The Labute approximate surface area is 96.5 Å². The molecule has 0 saturated carbocycles. The number of halogens is 1. The molecule has 88 valence electrons. The first-order chi connectivity index (χ1) is 7.70. The number of hydrogen-bond donors (Lipinski definition) is 1. The molecular weight excluding hydrogens is 203 g/mol. The van der Waals surface area contributed by atoms with Gasteiger partial charge in [0.15, 0.2) is 0 Å². The van der Waals surface area contributed by atoms with E-state index in [-0.39, 0.29) is 5.82 Å². The highest BCUT2D eigenvalue weighted by molar-refractivity contribution is 5.49. The topological polar surface area (TPSA) is 15.3 Å². The molecule has 1 aliphatic rings. The van der Waals surface area contributed by atoms with Crippen molar-refractivity contribution in [3.8, 4) is 0 Å². The molecule has 1 aliphatic heterocycles. The van der Waals surface area contributed by atoms with Crippen LogP contribution >= 0.6 is 0 Å². The molecule has 0 bridgehead atoms. The Morgan fingerprint density at radius 1 is 1.44 bits per heavy atom. The predicted octanol–water partition coefficient (Wildman–Crippen LogP) is 2.32. The monoisotopic (exact) mass is 222 g/mol. The van der Waals surface area contributed by atoms with Crippen molar-refractivity contribution in [2.75, 3.05) is 25.0 Å². The maximum absolute atomic E-state index is 13.8. The molecule has 2 rings (SSSR count). The van der Waals surface area contributed by atoms with Gasteiger partial charge in [0.2, 0.25) is 0 Å². The summed E-state index contributed by atoms with van der Waals surface area (Å²) in [6.07, 6.45) is 2.30. The summed E-state index contributed by atoms with van der Waals surface area (Å²) >= 11 is 0. The molecule has 1 fully saturated rings. The molecule has 0 aliphatic carbocycles. The zero-order valence-corrected chi connectivity index (χ0v) is 9.96. The van der Waals surface area contributed by atoms with Gasteiger partial charge in [-0.3, -0.25) is 0 Å². The van der Waals surface area contributed by atoms with Gasteiger partial charge in [0.25, 0.3) is 0 Å². The summed E-state index contributed by atoms with van der Waals surface area (Å²) < 4.78 is 13.8. The van der Waals surface area contributed by atoms with Gasteiger partial charge in [-0.15, -0.1) is 0 Å².